The van der Waals surface area contributed by atoms with Gasteiger partial charge in [0.05, 0.1) is 35.3 Å². The van der Waals surface area contributed by atoms with E-state index in [0.717, 1.165) is 26.4 Å². The number of rotatable bonds is 7. The minimum absolute atomic E-state index is 0.0552. The van der Waals surface area contributed by atoms with Crippen LogP contribution in [0.2, 0.25) is 0 Å². The van der Waals surface area contributed by atoms with Crippen LogP contribution in [-0.2, 0) is 24.7 Å². The van der Waals surface area contributed by atoms with Crippen LogP contribution in [0.5, 0.6) is 0 Å². The zero-order valence-electron chi connectivity index (χ0n) is 15.1. The van der Waals surface area contributed by atoms with Crippen LogP contribution < -0.4 is 0 Å². The molecule has 1 aromatic carbocycles. The average Bonchev–Trinajstić information content (AvgIpc) is 3.39. The van der Waals surface area contributed by atoms with Crippen LogP contribution in [0.1, 0.15) is 29.6 Å². The van der Waals surface area contributed by atoms with Gasteiger partial charge in [0.2, 0.25) is 11.8 Å². The van der Waals surface area contributed by atoms with Gasteiger partial charge in [0.15, 0.2) is 0 Å². The van der Waals surface area contributed by atoms with E-state index in [0.29, 0.717) is 12.3 Å². The molecule has 140 valence electrons. The molecule has 0 aliphatic carbocycles. The number of nitrogens with zero attached hydrogens (tertiary/aromatic N) is 6. The molecule has 0 radical (unpaired) electrons. The predicted molar refractivity (Wildman–Crippen MR) is 102 cm³/mol. The molecule has 0 aliphatic rings. The van der Waals surface area contributed by atoms with Crippen molar-refractivity contribution in [3.05, 3.63) is 47.4 Å². The van der Waals surface area contributed by atoms with Crippen LogP contribution in [0.3, 0.4) is 0 Å². The summed E-state index contributed by atoms with van der Waals surface area (Å²) in [5.74, 6) is 0.609. The van der Waals surface area contributed by atoms with Crippen molar-refractivity contribution in [3.63, 3.8) is 0 Å². The van der Waals surface area contributed by atoms with E-state index in [1.807, 2.05) is 43.7 Å². The summed E-state index contributed by atoms with van der Waals surface area (Å²) in [6.45, 7) is 0. The fourth-order valence-corrected chi connectivity index (χ4v) is 3.86. The number of benzene rings is 1. The summed E-state index contributed by atoms with van der Waals surface area (Å²) in [4.78, 5) is 16.5. The Bertz CT molecular complexity index is 1180. The Labute approximate surface area is 164 Å². The van der Waals surface area contributed by atoms with Crippen LogP contribution in [0.4, 0.5) is 0 Å². The number of carbonyl (C=O) groups excluding carboxylic acids is 1. The van der Waals surface area contributed by atoms with Gasteiger partial charge in [-0.25, -0.2) is 4.98 Å². The highest BCUT2D eigenvalue weighted by molar-refractivity contribution is 7.18. The van der Waals surface area contributed by atoms with Gasteiger partial charge in [0.1, 0.15) is 10.8 Å². The zero-order chi connectivity index (χ0) is 19.5. The maximum Gasteiger partial charge on any atom is 0.223 e. The molecule has 28 heavy (non-hydrogen) atoms. The number of carbonyl (C=O) groups is 1. The first-order chi connectivity index (χ1) is 13.6. The quantitative estimate of drug-likeness (QED) is 0.475. The molecule has 0 spiro atoms. The largest absolute Gasteiger partial charge is 0.424 e. The highest BCUT2D eigenvalue weighted by Crippen LogP contribution is 2.32. The summed E-state index contributed by atoms with van der Waals surface area (Å²) in [6, 6.07) is 8.02. The van der Waals surface area contributed by atoms with Gasteiger partial charge in [0, 0.05) is 37.2 Å². The number of thiazole rings is 1. The normalized spacial score (nSPS) is 11.0. The third-order valence-electron chi connectivity index (χ3n) is 4.15. The second-order valence-electron chi connectivity index (χ2n) is 6.30. The summed E-state index contributed by atoms with van der Waals surface area (Å²) < 4.78 is 8.42. The van der Waals surface area contributed by atoms with E-state index < -0.39 is 0 Å². The number of hydrogen-bond donors (Lipinski definition) is 0. The smallest absolute Gasteiger partial charge is 0.223 e. The summed E-state index contributed by atoms with van der Waals surface area (Å²) in [6.07, 6.45) is 4.64. The van der Waals surface area contributed by atoms with E-state index >= 15 is 0 Å². The second kappa shape index (κ2) is 7.70. The number of ketones is 1. The summed E-state index contributed by atoms with van der Waals surface area (Å²) in [5, 5.41) is 21.6. The first-order valence-electron chi connectivity index (χ1n) is 8.69. The van der Waals surface area contributed by atoms with Crippen molar-refractivity contribution in [1.29, 1.82) is 5.26 Å². The van der Waals surface area contributed by atoms with E-state index in [1.165, 1.54) is 0 Å². The van der Waals surface area contributed by atoms with Crippen molar-refractivity contribution in [1.82, 2.24) is 25.0 Å². The lowest BCUT2D eigenvalue weighted by atomic mass is 10.1. The number of aryl methyl sites for hydroxylation is 1. The van der Waals surface area contributed by atoms with Gasteiger partial charge in [-0.05, 0) is 6.07 Å². The molecule has 9 heteroatoms. The van der Waals surface area contributed by atoms with Gasteiger partial charge >= 0.3 is 0 Å². The highest BCUT2D eigenvalue weighted by Gasteiger charge is 2.15. The minimum Gasteiger partial charge on any atom is -0.424 e. The molecular weight excluding hydrogens is 376 g/mol. The Balaban J connectivity index is 1.53. The molecule has 4 rings (SSSR count). The Morgan fingerprint density at radius 2 is 2.18 bits per heavy atom. The molecule has 0 aliphatic heterocycles. The molecule has 8 nitrogen and oxygen atoms in total. The van der Waals surface area contributed by atoms with Crippen molar-refractivity contribution in [3.8, 4) is 17.2 Å². The summed E-state index contributed by atoms with van der Waals surface area (Å²) in [5.41, 5.74) is 2.96. The Morgan fingerprint density at radius 3 is 2.96 bits per heavy atom. The van der Waals surface area contributed by atoms with Gasteiger partial charge in [-0.1, -0.05) is 12.1 Å². The minimum atomic E-state index is -0.0853. The lowest BCUT2D eigenvalue weighted by Crippen LogP contribution is -2.02. The van der Waals surface area contributed by atoms with Crippen molar-refractivity contribution in [2.24, 2.45) is 7.05 Å². The second-order valence-corrected chi connectivity index (χ2v) is 7.42. The van der Waals surface area contributed by atoms with Gasteiger partial charge in [-0.15, -0.1) is 21.5 Å². The Hall–Kier alpha value is -3.38. The third kappa shape index (κ3) is 3.82. The van der Waals surface area contributed by atoms with Gasteiger partial charge in [-0.3, -0.25) is 9.48 Å². The molecule has 0 unspecified atom stereocenters. The number of Topliss-reactive ketones (excluding diaryl/α,β-unsaturated/α-hetero) is 1. The van der Waals surface area contributed by atoms with E-state index in [1.54, 1.807) is 16.0 Å². The maximum atomic E-state index is 11.7. The Morgan fingerprint density at radius 1 is 1.32 bits per heavy atom. The van der Waals surface area contributed by atoms with Crippen molar-refractivity contribution < 1.29 is 9.21 Å². The van der Waals surface area contributed by atoms with Gasteiger partial charge in [-0.2, -0.15) is 10.4 Å². The molecule has 0 fully saturated rings. The molecule has 0 saturated carbocycles. The lowest BCUT2D eigenvalue weighted by Gasteiger charge is -1.97. The monoisotopic (exact) mass is 392 g/mol. The van der Waals surface area contributed by atoms with Crippen molar-refractivity contribution >= 4 is 27.3 Å². The summed E-state index contributed by atoms with van der Waals surface area (Å²) in [7, 11) is 1.88. The first-order valence-corrected chi connectivity index (χ1v) is 9.51. The van der Waals surface area contributed by atoms with E-state index in [2.05, 4.69) is 15.3 Å². The fourth-order valence-electron chi connectivity index (χ4n) is 2.88. The number of aromatic nitrogens is 5. The first kappa shape index (κ1) is 18.0. The van der Waals surface area contributed by atoms with Gasteiger partial charge < -0.3 is 4.42 Å². The van der Waals surface area contributed by atoms with Crippen LogP contribution in [0, 0.1) is 11.3 Å². The lowest BCUT2D eigenvalue weighted by molar-refractivity contribution is -0.118. The number of hydrogen-bond acceptors (Lipinski definition) is 8. The Kier molecular flexibility index (Phi) is 4.95. The van der Waals surface area contributed by atoms with E-state index in [4.69, 9.17) is 14.7 Å². The van der Waals surface area contributed by atoms with Crippen LogP contribution in [0.25, 0.3) is 21.3 Å². The molecule has 0 saturated heterocycles. The molecule has 4 aromatic rings. The van der Waals surface area contributed by atoms with Gasteiger partial charge in [0.25, 0.3) is 0 Å². The molecule has 3 aromatic heterocycles. The number of fused-ring (bicyclic) bond motifs is 1. The van der Waals surface area contributed by atoms with Crippen LogP contribution in [-0.4, -0.2) is 30.7 Å². The SMILES string of the molecule is Cn1cc(-c2cccc3sc(Cc4nnc(CC(=O)CCC#N)o4)nc23)cn1. The zero-order valence-corrected chi connectivity index (χ0v) is 15.9. The number of para-hydroxylation sites is 1. The van der Waals surface area contributed by atoms with Crippen molar-refractivity contribution in [2.45, 2.75) is 25.7 Å². The highest BCUT2D eigenvalue weighted by atomic mass is 32.1. The maximum absolute atomic E-state index is 11.7. The third-order valence-corrected chi connectivity index (χ3v) is 5.17. The molecule has 0 amide bonds. The topological polar surface area (TPSA) is 110 Å². The van der Waals surface area contributed by atoms with E-state index in [9.17, 15) is 4.79 Å². The molecular formula is C19H16N6O2S. The molecule has 3 heterocycles. The average molecular weight is 392 g/mol. The van der Waals surface area contributed by atoms with Crippen molar-refractivity contribution in [2.75, 3.05) is 0 Å². The fraction of sp³-hybridized carbons (Fsp3) is 0.263. The number of nitriles is 1. The van der Waals surface area contributed by atoms with E-state index in [-0.39, 0.29) is 30.9 Å². The standard InChI is InChI=1S/C19H16N6O2S/c1-25-11-12(10-21-25)14-5-2-6-15-19(14)22-18(28-15)9-17-24-23-16(27-17)8-13(26)4-3-7-20/h2,5-6,10-11H,3-4,8-9H2,1H3. The molecule has 0 N–H and O–H groups in total. The van der Waals surface area contributed by atoms with Crippen LogP contribution >= 0.6 is 11.3 Å². The predicted octanol–water partition coefficient (Wildman–Crippen LogP) is 3.09. The molecule has 0 bridgehead atoms. The molecule has 0 atom stereocenters. The summed E-state index contributed by atoms with van der Waals surface area (Å²) >= 11 is 1.57. The van der Waals surface area contributed by atoms with Crippen LogP contribution in [0.15, 0.2) is 35.0 Å².